The number of ether oxygens (including phenoxy) is 1. The largest absolute Gasteiger partial charge is 0.494 e. The predicted molar refractivity (Wildman–Crippen MR) is 197 cm³/mol. The van der Waals surface area contributed by atoms with Gasteiger partial charge in [-0.2, -0.15) is 10.2 Å². The average molecular weight is 714 g/mol. The van der Waals surface area contributed by atoms with Crippen molar-refractivity contribution >= 4 is 62.6 Å². The number of halogens is 2. The molecular weight excluding hydrogens is 675 g/mol. The van der Waals surface area contributed by atoms with Crippen molar-refractivity contribution in [3.8, 4) is 16.9 Å². The molecule has 7 rings (SSSR count). The van der Waals surface area contributed by atoms with Crippen molar-refractivity contribution in [3.05, 3.63) is 92.0 Å². The van der Waals surface area contributed by atoms with E-state index in [-0.39, 0.29) is 17.5 Å². The van der Waals surface area contributed by atoms with Crippen molar-refractivity contribution in [1.29, 1.82) is 0 Å². The number of aromatic carboxylic acids is 1. The van der Waals surface area contributed by atoms with Gasteiger partial charge in [0.25, 0.3) is 5.91 Å². The number of carbonyl (C=O) groups is 2. The van der Waals surface area contributed by atoms with Gasteiger partial charge in [-0.25, -0.2) is 4.79 Å². The number of nitrogens with zero attached hydrogens (tertiary/aromatic N) is 6. The maximum absolute atomic E-state index is 14.9. The molecule has 0 unspecified atom stereocenters. The van der Waals surface area contributed by atoms with Crippen molar-refractivity contribution < 1.29 is 19.4 Å². The van der Waals surface area contributed by atoms with Crippen LogP contribution < -0.4 is 9.64 Å². The second-order valence-electron chi connectivity index (χ2n) is 13.3. The van der Waals surface area contributed by atoms with Gasteiger partial charge >= 0.3 is 5.97 Å². The number of anilines is 1. The van der Waals surface area contributed by atoms with Gasteiger partial charge in [0.15, 0.2) is 0 Å². The van der Waals surface area contributed by atoms with Gasteiger partial charge in [-0.1, -0.05) is 29.3 Å². The molecule has 0 radical (unpaired) electrons. The number of fused-ring (bicyclic) bond motifs is 4. The molecule has 3 aromatic carbocycles. The minimum absolute atomic E-state index is 0.0961. The summed E-state index contributed by atoms with van der Waals surface area (Å²) in [4.78, 5) is 28.9. The Kier molecular flexibility index (Phi) is 8.43. The third-order valence-electron chi connectivity index (χ3n) is 9.96. The summed E-state index contributed by atoms with van der Waals surface area (Å²) < 4.78 is 11.8. The second-order valence-corrected chi connectivity index (χ2v) is 14.1. The van der Waals surface area contributed by atoms with Gasteiger partial charge in [-0.15, -0.1) is 0 Å². The van der Waals surface area contributed by atoms with Gasteiger partial charge in [0.1, 0.15) is 11.4 Å². The Hall–Kier alpha value is -4.80. The molecule has 258 valence electrons. The molecule has 1 atom stereocenters. The van der Waals surface area contributed by atoms with Gasteiger partial charge in [-0.3, -0.25) is 14.2 Å². The highest BCUT2D eigenvalue weighted by atomic mass is 35.5. The summed E-state index contributed by atoms with van der Waals surface area (Å²) in [5.41, 5.74) is 9.09. The maximum Gasteiger partial charge on any atom is 0.336 e. The van der Waals surface area contributed by atoms with Crippen LogP contribution in [-0.4, -0.2) is 54.3 Å². The number of amides is 1. The second kappa shape index (κ2) is 12.5. The fourth-order valence-corrected chi connectivity index (χ4v) is 7.87. The highest BCUT2D eigenvalue weighted by molar-refractivity contribution is 6.35. The maximum atomic E-state index is 14.9. The summed E-state index contributed by atoms with van der Waals surface area (Å²) in [5, 5.41) is 21.8. The van der Waals surface area contributed by atoms with E-state index in [1.807, 2.05) is 69.8 Å². The molecule has 3 aromatic heterocycles. The van der Waals surface area contributed by atoms with Crippen molar-refractivity contribution in [1.82, 2.24) is 24.1 Å². The number of carbonyl (C=O) groups excluding carboxylic acids is 1. The van der Waals surface area contributed by atoms with Crippen molar-refractivity contribution in [3.63, 3.8) is 0 Å². The number of hydrogen-bond acceptors (Lipinski definition) is 5. The van der Waals surface area contributed by atoms with E-state index in [1.165, 1.54) is 0 Å². The van der Waals surface area contributed by atoms with E-state index in [4.69, 9.17) is 33.0 Å². The van der Waals surface area contributed by atoms with Crippen molar-refractivity contribution in [2.45, 2.75) is 53.5 Å². The lowest BCUT2D eigenvalue weighted by Gasteiger charge is -2.34. The lowest BCUT2D eigenvalue weighted by molar-refractivity contribution is 0.0698. The van der Waals surface area contributed by atoms with E-state index in [0.29, 0.717) is 53.3 Å². The molecule has 1 amide bonds. The van der Waals surface area contributed by atoms with Crippen LogP contribution in [0.2, 0.25) is 10.0 Å². The number of aryl methyl sites for hydroxylation is 6. The number of hydrogen-bond donors (Lipinski definition) is 1. The molecule has 0 saturated heterocycles. The molecule has 0 fully saturated rings. The summed E-state index contributed by atoms with van der Waals surface area (Å²) in [6.07, 6.45) is 2.74. The van der Waals surface area contributed by atoms with E-state index in [1.54, 1.807) is 28.9 Å². The van der Waals surface area contributed by atoms with Crippen LogP contribution in [0.15, 0.2) is 42.6 Å². The zero-order valence-corrected chi connectivity index (χ0v) is 30.6. The highest BCUT2D eigenvalue weighted by Gasteiger charge is 2.37. The molecule has 0 spiro atoms. The van der Waals surface area contributed by atoms with Crippen LogP contribution in [0.1, 0.15) is 68.3 Å². The molecule has 10 nitrogen and oxygen atoms in total. The summed E-state index contributed by atoms with van der Waals surface area (Å²) in [6.45, 7) is 10.7. The molecule has 50 heavy (non-hydrogen) atoms. The first-order chi connectivity index (χ1) is 23.8. The van der Waals surface area contributed by atoms with E-state index < -0.39 is 5.97 Å². The average Bonchev–Trinajstić information content (AvgIpc) is 3.69. The third kappa shape index (κ3) is 5.32. The lowest BCUT2D eigenvalue weighted by Crippen LogP contribution is -2.42. The summed E-state index contributed by atoms with van der Waals surface area (Å²) in [5.74, 6) is -0.538. The number of carboxylic acid groups (broad SMARTS) is 1. The number of aromatic nitrogens is 5. The fourth-order valence-electron chi connectivity index (χ4n) is 7.52. The van der Waals surface area contributed by atoms with Crippen LogP contribution in [0, 0.1) is 27.7 Å². The first-order valence-electron chi connectivity index (χ1n) is 16.5. The zero-order chi connectivity index (χ0) is 35.8. The van der Waals surface area contributed by atoms with Crippen LogP contribution in [0.25, 0.3) is 32.9 Å². The Morgan fingerprint density at radius 2 is 1.72 bits per heavy atom. The fraction of sp³-hybridized carbons (Fsp3) is 0.316. The van der Waals surface area contributed by atoms with E-state index in [0.717, 1.165) is 60.9 Å². The Labute approximate surface area is 299 Å². The van der Waals surface area contributed by atoms with Crippen LogP contribution >= 0.6 is 23.2 Å². The summed E-state index contributed by atoms with van der Waals surface area (Å²) in [6, 6.07) is 11.0. The lowest BCUT2D eigenvalue weighted by atomic mass is 9.98. The molecule has 1 aliphatic rings. The number of rotatable bonds is 8. The smallest absolute Gasteiger partial charge is 0.336 e. The predicted octanol–water partition coefficient (Wildman–Crippen LogP) is 8.40. The number of carboxylic acids is 1. The molecule has 0 saturated carbocycles. The van der Waals surface area contributed by atoms with Gasteiger partial charge in [0.2, 0.25) is 0 Å². The third-order valence-corrected chi connectivity index (χ3v) is 10.9. The Morgan fingerprint density at radius 1 is 1.00 bits per heavy atom. The van der Waals surface area contributed by atoms with Gasteiger partial charge in [0.05, 0.1) is 40.1 Å². The number of benzene rings is 3. The van der Waals surface area contributed by atoms with E-state index in [2.05, 4.69) is 16.6 Å². The molecule has 0 bridgehead atoms. The van der Waals surface area contributed by atoms with Crippen LogP contribution in [0.3, 0.4) is 0 Å². The van der Waals surface area contributed by atoms with Crippen LogP contribution in [0.5, 0.6) is 5.75 Å². The zero-order valence-electron chi connectivity index (χ0n) is 29.1. The summed E-state index contributed by atoms with van der Waals surface area (Å²) in [7, 11) is 3.67. The highest BCUT2D eigenvalue weighted by Crippen LogP contribution is 2.45. The van der Waals surface area contributed by atoms with Gasteiger partial charge < -0.3 is 19.3 Å². The van der Waals surface area contributed by atoms with Crippen molar-refractivity contribution in [2.75, 3.05) is 18.1 Å². The minimum atomic E-state index is -1.08. The van der Waals surface area contributed by atoms with Gasteiger partial charge in [0, 0.05) is 65.0 Å². The van der Waals surface area contributed by atoms with Crippen LogP contribution in [0.4, 0.5) is 5.69 Å². The Morgan fingerprint density at radius 3 is 2.38 bits per heavy atom. The molecule has 4 heterocycles. The molecular formula is C38H38Cl2N6O4. The quantitative estimate of drug-likeness (QED) is 0.159. The Balaban J connectivity index is 1.38. The minimum Gasteiger partial charge on any atom is -0.494 e. The molecule has 1 aliphatic heterocycles. The van der Waals surface area contributed by atoms with Gasteiger partial charge in [-0.05, 0) is 94.5 Å². The van der Waals surface area contributed by atoms with E-state index in [9.17, 15) is 14.7 Å². The first kappa shape index (κ1) is 33.7. The first-order valence-corrected chi connectivity index (χ1v) is 17.3. The standard InChI is InChI=1S/C38H38Cl2N6O4/c1-19-13-25(14-20(2)34(19)40)50-12-8-9-26-27-10-11-30(39)33(32-22(4)42-43(6)23(32)5)35(27)46-21(3)18-45(37(47)36(26)46)24-15-28(38(48)49)29-17-41-44(7)31(29)16-24/h10-11,13-17,21H,8-9,12,18H2,1-7H3,(H,48,49)/t21-/m1/s1. The Bertz CT molecular complexity index is 2360. The molecule has 0 aliphatic carbocycles. The molecule has 6 aromatic rings. The SMILES string of the molecule is Cc1cc(OCCCc2c3n(c4c(-c5c(C)nn(C)c5C)c(Cl)ccc24)[C@H](C)CN(c2cc(C(=O)O)c4cnn(C)c4c2)C3=O)cc(C)c1Cl. The van der Waals surface area contributed by atoms with Crippen molar-refractivity contribution in [2.24, 2.45) is 14.1 Å². The molecule has 12 heteroatoms. The van der Waals surface area contributed by atoms with Crippen LogP contribution in [-0.2, 0) is 20.5 Å². The normalized spacial score (nSPS) is 14.6. The van der Waals surface area contributed by atoms with E-state index >= 15 is 0 Å². The topological polar surface area (TPSA) is 107 Å². The summed E-state index contributed by atoms with van der Waals surface area (Å²) >= 11 is 13.4. The molecule has 1 N–H and O–H groups in total. The monoisotopic (exact) mass is 712 g/mol.